The van der Waals surface area contributed by atoms with E-state index in [1.807, 2.05) is 4.90 Å². The molecule has 2 aliphatic rings. The molecule has 1 aromatic heterocycles. The van der Waals surface area contributed by atoms with E-state index in [4.69, 9.17) is 4.42 Å². The van der Waals surface area contributed by atoms with Crippen LogP contribution in [-0.2, 0) is 0 Å². The number of rotatable bonds is 2. The number of carbonyl (C=O) groups is 1. The molecule has 2 fully saturated rings. The van der Waals surface area contributed by atoms with Gasteiger partial charge in [-0.3, -0.25) is 9.69 Å². The molecule has 3 rings (SSSR count). The molecule has 1 unspecified atom stereocenters. The second-order valence-corrected chi connectivity index (χ2v) is 4.99. The van der Waals surface area contributed by atoms with Crippen molar-refractivity contribution in [2.75, 3.05) is 39.3 Å². The molecule has 0 radical (unpaired) electrons. The van der Waals surface area contributed by atoms with Crippen molar-refractivity contribution in [1.82, 2.24) is 15.1 Å². The molecular weight excluding hydrogens is 230 g/mol. The molecule has 5 heteroatoms. The van der Waals surface area contributed by atoms with E-state index < -0.39 is 0 Å². The summed E-state index contributed by atoms with van der Waals surface area (Å²) < 4.78 is 4.97. The van der Waals surface area contributed by atoms with Crippen LogP contribution in [0, 0.1) is 0 Å². The van der Waals surface area contributed by atoms with Crippen LogP contribution in [-0.4, -0.2) is 61.0 Å². The molecule has 1 amide bonds. The summed E-state index contributed by atoms with van der Waals surface area (Å²) in [5.74, 6) is 0.0985. The zero-order valence-corrected chi connectivity index (χ0v) is 10.5. The molecule has 2 saturated heterocycles. The molecule has 0 aromatic carbocycles. The number of hydrogen-bond acceptors (Lipinski definition) is 4. The quantitative estimate of drug-likeness (QED) is 0.824. The molecule has 98 valence electrons. The highest BCUT2D eigenvalue weighted by Gasteiger charge is 2.31. The second-order valence-electron chi connectivity index (χ2n) is 4.99. The highest BCUT2D eigenvalue weighted by molar-refractivity contribution is 5.94. The number of carbonyl (C=O) groups excluding carboxylic acids is 1. The Morgan fingerprint density at radius 1 is 1.33 bits per heavy atom. The first-order valence-corrected chi connectivity index (χ1v) is 6.61. The average molecular weight is 249 g/mol. The third-order valence-electron chi connectivity index (χ3n) is 3.89. The predicted octanol–water partition coefficient (Wildman–Crippen LogP) is 0.399. The minimum absolute atomic E-state index is 0.0985. The summed E-state index contributed by atoms with van der Waals surface area (Å²) in [7, 11) is 0. The topological polar surface area (TPSA) is 48.7 Å². The molecule has 0 bridgehead atoms. The fraction of sp³-hybridized carbons (Fsp3) is 0.615. The SMILES string of the molecule is O=C(c1ccoc1)N1CCC(N2CCNCC2)C1. The molecule has 3 heterocycles. The van der Waals surface area contributed by atoms with Crippen LogP contribution in [0.25, 0.3) is 0 Å². The molecule has 1 aromatic rings. The minimum Gasteiger partial charge on any atom is -0.472 e. The number of hydrogen-bond donors (Lipinski definition) is 1. The van der Waals surface area contributed by atoms with Gasteiger partial charge in [-0.25, -0.2) is 0 Å². The summed E-state index contributed by atoms with van der Waals surface area (Å²) in [6, 6.07) is 2.27. The van der Waals surface area contributed by atoms with Gasteiger partial charge in [0, 0.05) is 45.3 Å². The van der Waals surface area contributed by atoms with E-state index in [1.54, 1.807) is 12.3 Å². The Bertz CT molecular complexity index is 398. The predicted molar refractivity (Wildman–Crippen MR) is 67.5 cm³/mol. The van der Waals surface area contributed by atoms with E-state index >= 15 is 0 Å². The largest absolute Gasteiger partial charge is 0.472 e. The van der Waals surface area contributed by atoms with Crippen molar-refractivity contribution < 1.29 is 9.21 Å². The van der Waals surface area contributed by atoms with Gasteiger partial charge >= 0.3 is 0 Å². The molecule has 1 N–H and O–H groups in total. The van der Waals surface area contributed by atoms with Crippen molar-refractivity contribution in [3.05, 3.63) is 24.2 Å². The molecule has 0 saturated carbocycles. The first kappa shape index (κ1) is 11.7. The van der Waals surface area contributed by atoms with Gasteiger partial charge in [0.05, 0.1) is 11.8 Å². The molecule has 1 atom stereocenters. The van der Waals surface area contributed by atoms with Crippen molar-refractivity contribution in [2.45, 2.75) is 12.5 Å². The summed E-state index contributed by atoms with van der Waals surface area (Å²) >= 11 is 0. The lowest BCUT2D eigenvalue weighted by molar-refractivity contribution is 0.0773. The number of nitrogens with one attached hydrogen (secondary N) is 1. The van der Waals surface area contributed by atoms with E-state index in [-0.39, 0.29) is 5.91 Å². The first-order chi connectivity index (χ1) is 8.84. The lowest BCUT2D eigenvalue weighted by Crippen LogP contribution is -2.49. The van der Waals surface area contributed by atoms with Crippen LogP contribution in [0.15, 0.2) is 23.0 Å². The average Bonchev–Trinajstić information content (AvgIpc) is 3.10. The maximum Gasteiger partial charge on any atom is 0.257 e. The lowest BCUT2D eigenvalue weighted by Gasteiger charge is -2.32. The highest BCUT2D eigenvalue weighted by atomic mass is 16.3. The fourth-order valence-electron chi connectivity index (χ4n) is 2.84. The van der Waals surface area contributed by atoms with Crippen molar-refractivity contribution in [2.24, 2.45) is 0 Å². The van der Waals surface area contributed by atoms with Gasteiger partial charge in [-0.1, -0.05) is 0 Å². The van der Waals surface area contributed by atoms with Crippen molar-refractivity contribution in [3.8, 4) is 0 Å². The minimum atomic E-state index is 0.0985. The Morgan fingerprint density at radius 3 is 2.89 bits per heavy atom. The van der Waals surface area contributed by atoms with Crippen LogP contribution < -0.4 is 5.32 Å². The van der Waals surface area contributed by atoms with Gasteiger partial charge in [-0.05, 0) is 12.5 Å². The van der Waals surface area contributed by atoms with E-state index in [1.165, 1.54) is 6.26 Å². The molecule has 2 aliphatic heterocycles. The fourth-order valence-corrected chi connectivity index (χ4v) is 2.84. The maximum atomic E-state index is 12.2. The third-order valence-corrected chi connectivity index (χ3v) is 3.89. The van der Waals surface area contributed by atoms with Crippen LogP contribution in [0.5, 0.6) is 0 Å². The van der Waals surface area contributed by atoms with Crippen LogP contribution in [0.4, 0.5) is 0 Å². The molecule has 0 spiro atoms. The number of amides is 1. The maximum absolute atomic E-state index is 12.2. The van der Waals surface area contributed by atoms with Gasteiger partial charge in [0.15, 0.2) is 0 Å². The molecule has 0 aliphatic carbocycles. The monoisotopic (exact) mass is 249 g/mol. The Hall–Kier alpha value is -1.33. The van der Waals surface area contributed by atoms with Crippen LogP contribution in [0.2, 0.25) is 0 Å². The Morgan fingerprint density at radius 2 is 2.17 bits per heavy atom. The summed E-state index contributed by atoms with van der Waals surface area (Å²) in [6.45, 7) is 6.03. The van der Waals surface area contributed by atoms with Crippen LogP contribution >= 0.6 is 0 Å². The van der Waals surface area contributed by atoms with Crippen LogP contribution in [0.1, 0.15) is 16.8 Å². The van der Waals surface area contributed by atoms with Gasteiger partial charge < -0.3 is 14.6 Å². The summed E-state index contributed by atoms with van der Waals surface area (Å²) in [5.41, 5.74) is 0.663. The summed E-state index contributed by atoms with van der Waals surface area (Å²) in [4.78, 5) is 16.6. The zero-order valence-electron chi connectivity index (χ0n) is 10.5. The first-order valence-electron chi connectivity index (χ1n) is 6.61. The van der Waals surface area contributed by atoms with Gasteiger partial charge in [-0.15, -0.1) is 0 Å². The lowest BCUT2D eigenvalue weighted by atomic mass is 10.2. The van der Waals surface area contributed by atoms with Crippen LogP contribution in [0.3, 0.4) is 0 Å². The normalized spacial score (nSPS) is 25.6. The highest BCUT2D eigenvalue weighted by Crippen LogP contribution is 2.18. The number of furan rings is 1. The Balaban J connectivity index is 1.59. The molecule has 5 nitrogen and oxygen atoms in total. The third kappa shape index (κ3) is 2.28. The number of piperazine rings is 1. The Labute approximate surface area is 107 Å². The van der Waals surface area contributed by atoms with Crippen molar-refractivity contribution in [3.63, 3.8) is 0 Å². The zero-order chi connectivity index (χ0) is 12.4. The molecular formula is C13H19N3O2. The van der Waals surface area contributed by atoms with E-state index in [9.17, 15) is 4.79 Å². The van der Waals surface area contributed by atoms with E-state index in [2.05, 4.69) is 10.2 Å². The van der Waals surface area contributed by atoms with Gasteiger partial charge in [0.2, 0.25) is 0 Å². The van der Waals surface area contributed by atoms with E-state index in [0.29, 0.717) is 11.6 Å². The van der Waals surface area contributed by atoms with Gasteiger partial charge in [0.25, 0.3) is 5.91 Å². The van der Waals surface area contributed by atoms with Crippen molar-refractivity contribution >= 4 is 5.91 Å². The van der Waals surface area contributed by atoms with Crippen molar-refractivity contribution in [1.29, 1.82) is 0 Å². The Kier molecular flexibility index (Phi) is 3.34. The summed E-state index contributed by atoms with van der Waals surface area (Å²) in [6.07, 6.45) is 4.17. The number of nitrogens with zero attached hydrogens (tertiary/aromatic N) is 2. The smallest absolute Gasteiger partial charge is 0.257 e. The summed E-state index contributed by atoms with van der Waals surface area (Å²) in [5, 5.41) is 3.36. The van der Waals surface area contributed by atoms with Gasteiger partial charge in [-0.2, -0.15) is 0 Å². The second kappa shape index (κ2) is 5.12. The number of likely N-dealkylation sites (tertiary alicyclic amines) is 1. The van der Waals surface area contributed by atoms with E-state index in [0.717, 1.165) is 45.7 Å². The van der Waals surface area contributed by atoms with Gasteiger partial charge in [0.1, 0.15) is 6.26 Å². The standard InChI is InChI=1S/C13H19N3O2/c17-13(11-2-8-18-10-11)16-5-1-12(9-16)15-6-3-14-4-7-15/h2,8,10,12,14H,1,3-7,9H2. The molecule has 18 heavy (non-hydrogen) atoms.